The molecule has 1 heterocycles. The summed E-state index contributed by atoms with van der Waals surface area (Å²) in [4.78, 5) is 15.1. The maximum absolute atomic E-state index is 13.4. The minimum atomic E-state index is -0.516. The van der Waals surface area contributed by atoms with Crippen LogP contribution in [0.3, 0.4) is 0 Å². The van der Waals surface area contributed by atoms with Crippen molar-refractivity contribution in [3.05, 3.63) is 88.2 Å². The number of carbonyl (C=O) groups excluding carboxylic acids is 1. The van der Waals surface area contributed by atoms with Crippen LogP contribution in [-0.4, -0.2) is 37.1 Å². The molecule has 3 aromatic rings. The van der Waals surface area contributed by atoms with Crippen LogP contribution in [0.5, 0.6) is 0 Å². The summed E-state index contributed by atoms with van der Waals surface area (Å²) in [6, 6.07) is 20.2. The fraction of sp³-hybridized carbons (Fsp3) is 0.321. The number of benzene rings is 3. The van der Waals surface area contributed by atoms with Crippen LogP contribution >= 0.6 is 23.2 Å². The molecular formula is C28H30Cl2FN3O. The van der Waals surface area contributed by atoms with Gasteiger partial charge in [-0.2, -0.15) is 0 Å². The van der Waals surface area contributed by atoms with Gasteiger partial charge in [0, 0.05) is 23.2 Å². The van der Waals surface area contributed by atoms with Crippen molar-refractivity contribution in [2.45, 2.75) is 25.7 Å². The van der Waals surface area contributed by atoms with E-state index >= 15 is 0 Å². The Morgan fingerprint density at radius 1 is 1.03 bits per heavy atom. The van der Waals surface area contributed by atoms with Crippen LogP contribution in [0, 0.1) is 11.7 Å². The van der Waals surface area contributed by atoms with Gasteiger partial charge in [0.05, 0.1) is 5.02 Å². The molecule has 1 fully saturated rings. The number of urea groups is 1. The highest BCUT2D eigenvalue weighted by atomic mass is 35.5. The maximum atomic E-state index is 13.4. The van der Waals surface area contributed by atoms with Crippen LogP contribution in [-0.2, 0) is 0 Å². The van der Waals surface area contributed by atoms with E-state index < -0.39 is 5.82 Å². The van der Waals surface area contributed by atoms with Crippen molar-refractivity contribution in [3.63, 3.8) is 0 Å². The largest absolute Gasteiger partial charge is 0.337 e. The average molecular weight is 514 g/mol. The van der Waals surface area contributed by atoms with Crippen LogP contribution in [0.25, 0.3) is 11.1 Å². The van der Waals surface area contributed by atoms with E-state index in [1.165, 1.54) is 23.8 Å². The van der Waals surface area contributed by atoms with E-state index in [4.69, 9.17) is 23.2 Å². The van der Waals surface area contributed by atoms with E-state index in [1.807, 2.05) is 24.3 Å². The summed E-state index contributed by atoms with van der Waals surface area (Å²) in [7, 11) is 0. The van der Waals surface area contributed by atoms with Gasteiger partial charge in [-0.05, 0) is 85.4 Å². The number of rotatable bonds is 7. The first-order chi connectivity index (χ1) is 16.9. The van der Waals surface area contributed by atoms with E-state index in [1.54, 1.807) is 0 Å². The van der Waals surface area contributed by atoms with Gasteiger partial charge in [-0.15, -0.1) is 0 Å². The summed E-state index contributed by atoms with van der Waals surface area (Å²) in [5.74, 6) is 0.137. The third kappa shape index (κ3) is 6.75. The average Bonchev–Trinajstić information content (AvgIpc) is 2.87. The molecule has 1 atom stereocenters. The SMILES string of the molecule is CCN1CCC(C(CNC(=O)Nc2ccc(F)c(Cl)c2)c2ccc(-c3cccc(Cl)c3)cc2)CC1. The van der Waals surface area contributed by atoms with Gasteiger partial charge in [0.1, 0.15) is 5.82 Å². The van der Waals surface area contributed by atoms with Gasteiger partial charge >= 0.3 is 6.03 Å². The number of nitrogens with zero attached hydrogens (tertiary/aromatic N) is 1. The van der Waals surface area contributed by atoms with Crippen LogP contribution in [0.15, 0.2) is 66.7 Å². The topological polar surface area (TPSA) is 44.4 Å². The van der Waals surface area contributed by atoms with Crippen LogP contribution < -0.4 is 10.6 Å². The van der Waals surface area contributed by atoms with Gasteiger partial charge in [0.25, 0.3) is 0 Å². The van der Waals surface area contributed by atoms with Crippen LogP contribution in [0.2, 0.25) is 10.0 Å². The number of carbonyl (C=O) groups is 1. The van der Waals surface area contributed by atoms with Crippen molar-refractivity contribution in [2.24, 2.45) is 5.92 Å². The summed E-state index contributed by atoms with van der Waals surface area (Å²) >= 11 is 12.0. The molecule has 7 heteroatoms. The number of piperidine rings is 1. The quantitative estimate of drug-likeness (QED) is 0.344. The van der Waals surface area contributed by atoms with Crippen molar-refractivity contribution in [2.75, 3.05) is 31.5 Å². The first-order valence-electron chi connectivity index (χ1n) is 12.0. The molecule has 0 aromatic heterocycles. The number of hydrogen-bond donors (Lipinski definition) is 2. The second kappa shape index (κ2) is 11.9. The van der Waals surface area contributed by atoms with E-state index in [0.29, 0.717) is 23.2 Å². The Balaban J connectivity index is 1.47. The molecule has 1 aliphatic heterocycles. The zero-order chi connectivity index (χ0) is 24.8. The Bertz CT molecular complexity index is 1150. The minimum Gasteiger partial charge on any atom is -0.337 e. The molecular weight excluding hydrogens is 484 g/mol. The summed E-state index contributed by atoms with van der Waals surface area (Å²) in [5.41, 5.74) is 3.84. The molecule has 184 valence electrons. The molecule has 2 N–H and O–H groups in total. The molecule has 1 saturated heterocycles. The van der Waals surface area contributed by atoms with Gasteiger partial charge in [-0.3, -0.25) is 0 Å². The molecule has 0 bridgehead atoms. The van der Waals surface area contributed by atoms with E-state index in [2.05, 4.69) is 46.7 Å². The van der Waals surface area contributed by atoms with Crippen molar-refractivity contribution in [3.8, 4) is 11.1 Å². The highest BCUT2D eigenvalue weighted by Crippen LogP contribution is 2.34. The van der Waals surface area contributed by atoms with Gasteiger partial charge in [-0.25, -0.2) is 9.18 Å². The molecule has 2 amide bonds. The fourth-order valence-corrected chi connectivity index (χ4v) is 5.14. The lowest BCUT2D eigenvalue weighted by atomic mass is 9.79. The predicted octanol–water partition coefficient (Wildman–Crippen LogP) is 7.44. The Hall–Kier alpha value is -2.60. The number of amides is 2. The summed E-state index contributed by atoms with van der Waals surface area (Å²) in [5, 5.41) is 6.46. The van der Waals surface area contributed by atoms with Gasteiger partial charge in [-0.1, -0.05) is 66.5 Å². The second-order valence-electron chi connectivity index (χ2n) is 8.97. The number of hydrogen-bond acceptors (Lipinski definition) is 2. The van der Waals surface area contributed by atoms with E-state index in [9.17, 15) is 9.18 Å². The van der Waals surface area contributed by atoms with Crippen molar-refractivity contribution in [1.82, 2.24) is 10.2 Å². The standard InChI is InChI=1S/C28H30Cl2FN3O/c1-2-34-14-12-21(13-15-34)25(18-32-28(35)33-24-10-11-27(31)26(30)17-24)20-8-6-19(7-9-20)22-4-3-5-23(29)16-22/h3-11,16-17,21,25H,2,12-15,18H2,1H3,(H2,32,33,35). The molecule has 0 aliphatic carbocycles. The Morgan fingerprint density at radius 2 is 1.77 bits per heavy atom. The normalized spacial score (nSPS) is 15.5. The zero-order valence-electron chi connectivity index (χ0n) is 19.7. The van der Waals surface area contributed by atoms with Gasteiger partial charge in [0.15, 0.2) is 0 Å². The van der Waals surface area contributed by atoms with Crippen LogP contribution in [0.4, 0.5) is 14.9 Å². The van der Waals surface area contributed by atoms with Crippen LogP contribution in [0.1, 0.15) is 31.2 Å². The Kier molecular flexibility index (Phi) is 8.66. The molecule has 35 heavy (non-hydrogen) atoms. The molecule has 0 radical (unpaired) electrons. The maximum Gasteiger partial charge on any atom is 0.319 e. The first kappa shape index (κ1) is 25.5. The monoisotopic (exact) mass is 513 g/mol. The lowest BCUT2D eigenvalue weighted by molar-refractivity contribution is 0.174. The second-order valence-corrected chi connectivity index (χ2v) is 9.82. The van der Waals surface area contributed by atoms with Gasteiger partial charge in [0.2, 0.25) is 0 Å². The molecule has 1 unspecified atom stereocenters. The molecule has 4 rings (SSSR count). The lowest BCUT2D eigenvalue weighted by Crippen LogP contribution is -2.39. The number of halogens is 3. The summed E-state index contributed by atoms with van der Waals surface area (Å²) < 4.78 is 13.4. The predicted molar refractivity (Wildman–Crippen MR) is 143 cm³/mol. The Labute approximate surface area is 216 Å². The van der Waals surface area contributed by atoms with E-state index in [-0.39, 0.29) is 17.0 Å². The fourth-order valence-electron chi connectivity index (χ4n) is 4.77. The zero-order valence-corrected chi connectivity index (χ0v) is 21.2. The third-order valence-electron chi connectivity index (χ3n) is 6.81. The third-order valence-corrected chi connectivity index (χ3v) is 7.33. The number of anilines is 1. The number of nitrogens with one attached hydrogen (secondary N) is 2. The minimum absolute atomic E-state index is 0.0249. The molecule has 0 spiro atoms. The lowest BCUT2D eigenvalue weighted by Gasteiger charge is -2.36. The Morgan fingerprint density at radius 3 is 2.43 bits per heavy atom. The molecule has 3 aromatic carbocycles. The summed E-state index contributed by atoms with van der Waals surface area (Å²) in [6.07, 6.45) is 2.18. The van der Waals surface area contributed by atoms with Crippen molar-refractivity contribution < 1.29 is 9.18 Å². The van der Waals surface area contributed by atoms with Crippen molar-refractivity contribution >= 4 is 34.9 Å². The summed E-state index contributed by atoms with van der Waals surface area (Å²) in [6.45, 7) is 5.90. The molecule has 0 saturated carbocycles. The first-order valence-corrected chi connectivity index (χ1v) is 12.8. The highest BCUT2D eigenvalue weighted by molar-refractivity contribution is 6.31. The van der Waals surface area contributed by atoms with Gasteiger partial charge < -0.3 is 15.5 Å². The molecule has 4 nitrogen and oxygen atoms in total. The smallest absolute Gasteiger partial charge is 0.319 e. The van der Waals surface area contributed by atoms with E-state index in [0.717, 1.165) is 43.6 Å². The highest BCUT2D eigenvalue weighted by Gasteiger charge is 2.27. The van der Waals surface area contributed by atoms with Crippen molar-refractivity contribution in [1.29, 1.82) is 0 Å². The number of likely N-dealkylation sites (tertiary alicyclic amines) is 1. The molecule has 1 aliphatic rings.